The van der Waals surface area contributed by atoms with Gasteiger partial charge >= 0.3 is 0 Å². The Balaban J connectivity index is 1.64. The minimum absolute atomic E-state index is 0.0311. The number of phenolic OH excluding ortho intramolecular Hbond substituents is 1. The molecule has 0 bridgehead atoms. The lowest BCUT2D eigenvalue weighted by Gasteiger charge is -2.28. The van der Waals surface area contributed by atoms with Crippen LogP contribution in [0.25, 0.3) is 21.3 Å². The highest BCUT2D eigenvalue weighted by atomic mass is 32.1. The number of benzene rings is 1. The fourth-order valence-electron chi connectivity index (χ4n) is 3.38. The number of aromatic nitrogens is 3. The van der Waals surface area contributed by atoms with E-state index < -0.39 is 0 Å². The highest BCUT2D eigenvalue weighted by molar-refractivity contribution is 7.17. The van der Waals surface area contributed by atoms with E-state index in [2.05, 4.69) is 20.5 Å². The van der Waals surface area contributed by atoms with Crippen LogP contribution in [0, 0.1) is 6.92 Å². The molecule has 1 saturated carbocycles. The second kappa shape index (κ2) is 6.57. The largest absolute Gasteiger partial charge is 0.507 e. The monoisotopic (exact) mass is 356 g/mol. The number of rotatable bonds is 3. The molecule has 0 amide bonds. The molecule has 25 heavy (non-hydrogen) atoms. The third-order valence-electron chi connectivity index (χ3n) is 4.77. The number of hydrogen-bond donors (Lipinski definition) is 3. The van der Waals surface area contributed by atoms with Gasteiger partial charge in [0.2, 0.25) is 5.95 Å². The molecular weight excluding hydrogens is 336 g/mol. The van der Waals surface area contributed by atoms with Crippen LogP contribution in [0.1, 0.15) is 31.4 Å². The van der Waals surface area contributed by atoms with Crippen molar-refractivity contribution in [2.45, 2.75) is 44.8 Å². The van der Waals surface area contributed by atoms with Crippen LogP contribution in [0.5, 0.6) is 5.75 Å². The molecule has 1 aliphatic carbocycles. The van der Waals surface area contributed by atoms with Gasteiger partial charge in [0, 0.05) is 15.6 Å². The molecule has 0 radical (unpaired) electrons. The van der Waals surface area contributed by atoms with Crippen LogP contribution in [-0.2, 0) is 0 Å². The van der Waals surface area contributed by atoms with Crippen LogP contribution >= 0.6 is 11.3 Å². The van der Waals surface area contributed by atoms with Gasteiger partial charge in [0.1, 0.15) is 11.4 Å². The number of hydrogen-bond acceptors (Lipinski definition) is 7. The van der Waals surface area contributed by atoms with Crippen molar-refractivity contribution in [1.82, 2.24) is 15.2 Å². The molecule has 130 valence electrons. The lowest BCUT2D eigenvalue weighted by atomic mass is 9.93. The summed E-state index contributed by atoms with van der Waals surface area (Å²) in [5.41, 5.74) is 1.89. The van der Waals surface area contributed by atoms with Crippen LogP contribution in [0.15, 0.2) is 23.6 Å². The predicted octanol–water partition coefficient (Wildman–Crippen LogP) is 3.48. The van der Waals surface area contributed by atoms with Gasteiger partial charge in [-0.2, -0.15) is 0 Å². The van der Waals surface area contributed by atoms with E-state index in [1.54, 1.807) is 11.3 Å². The Morgan fingerprint density at radius 3 is 2.80 bits per heavy atom. The van der Waals surface area contributed by atoms with Crippen molar-refractivity contribution in [2.75, 3.05) is 5.32 Å². The number of phenols is 1. The fraction of sp³-hybridized carbons (Fsp3) is 0.389. The van der Waals surface area contributed by atoms with Gasteiger partial charge in [-0.3, -0.25) is 0 Å². The molecule has 1 aromatic carbocycles. The first-order chi connectivity index (χ1) is 12.1. The number of anilines is 1. The summed E-state index contributed by atoms with van der Waals surface area (Å²) in [6.07, 6.45) is 3.48. The van der Waals surface area contributed by atoms with E-state index in [-0.39, 0.29) is 17.9 Å². The van der Waals surface area contributed by atoms with Gasteiger partial charge in [0.05, 0.1) is 17.8 Å². The third kappa shape index (κ3) is 3.05. The Bertz CT molecular complexity index is 911. The number of thiophene rings is 1. The van der Waals surface area contributed by atoms with Gasteiger partial charge in [0.25, 0.3) is 0 Å². The summed E-state index contributed by atoms with van der Waals surface area (Å²) in [5, 5.41) is 35.0. The van der Waals surface area contributed by atoms with Gasteiger partial charge in [-0.15, -0.1) is 21.5 Å². The van der Waals surface area contributed by atoms with Crippen molar-refractivity contribution in [1.29, 1.82) is 0 Å². The maximum absolute atomic E-state index is 10.5. The van der Waals surface area contributed by atoms with Crippen molar-refractivity contribution in [3.63, 3.8) is 0 Å². The minimum atomic E-state index is -0.373. The molecule has 2 atom stereocenters. The van der Waals surface area contributed by atoms with Crippen molar-refractivity contribution in [3.8, 4) is 17.0 Å². The summed E-state index contributed by atoms with van der Waals surface area (Å²) in [4.78, 5) is 4.48. The number of nitrogens with zero attached hydrogens (tertiary/aromatic N) is 3. The van der Waals surface area contributed by atoms with E-state index in [0.29, 0.717) is 22.9 Å². The summed E-state index contributed by atoms with van der Waals surface area (Å²) in [6.45, 7) is 1.85. The summed E-state index contributed by atoms with van der Waals surface area (Å²) in [5.74, 6) is 0.629. The quantitative estimate of drug-likeness (QED) is 0.665. The van der Waals surface area contributed by atoms with E-state index in [1.165, 1.54) is 0 Å². The summed E-state index contributed by atoms with van der Waals surface area (Å²) in [7, 11) is 0. The maximum Gasteiger partial charge on any atom is 0.243 e. The average molecular weight is 356 g/mol. The van der Waals surface area contributed by atoms with Gasteiger partial charge in [-0.25, -0.2) is 4.98 Å². The van der Waals surface area contributed by atoms with Crippen molar-refractivity contribution >= 4 is 27.4 Å². The van der Waals surface area contributed by atoms with Gasteiger partial charge in [0.15, 0.2) is 0 Å². The zero-order chi connectivity index (χ0) is 17.4. The Kier molecular flexibility index (Phi) is 4.27. The van der Waals surface area contributed by atoms with E-state index in [0.717, 1.165) is 35.8 Å². The maximum atomic E-state index is 10.5. The van der Waals surface area contributed by atoms with Gasteiger partial charge in [-0.1, -0.05) is 12.8 Å². The molecule has 2 aromatic heterocycles. The van der Waals surface area contributed by atoms with Gasteiger partial charge < -0.3 is 15.5 Å². The highest BCUT2D eigenvalue weighted by Crippen LogP contribution is 2.37. The molecular formula is C18H20N4O2S. The fourth-order valence-corrected chi connectivity index (χ4v) is 4.17. The normalized spacial score (nSPS) is 20.7. The van der Waals surface area contributed by atoms with Crippen LogP contribution in [0.2, 0.25) is 0 Å². The average Bonchev–Trinajstić information content (AvgIpc) is 3.08. The zero-order valence-electron chi connectivity index (χ0n) is 13.9. The smallest absolute Gasteiger partial charge is 0.243 e. The molecule has 0 saturated heterocycles. The number of nitrogens with one attached hydrogen (secondary N) is 1. The number of aryl methyl sites for hydroxylation is 1. The summed E-state index contributed by atoms with van der Waals surface area (Å²) in [6, 6.07) is 5.69. The minimum Gasteiger partial charge on any atom is -0.507 e. The molecule has 7 heteroatoms. The summed E-state index contributed by atoms with van der Waals surface area (Å²) < 4.78 is 1.03. The molecule has 3 N–H and O–H groups in total. The first-order valence-corrected chi connectivity index (χ1v) is 9.37. The van der Waals surface area contributed by atoms with E-state index in [4.69, 9.17) is 0 Å². The lowest BCUT2D eigenvalue weighted by Crippen LogP contribution is -2.37. The van der Waals surface area contributed by atoms with Crippen LogP contribution < -0.4 is 5.32 Å². The molecule has 1 aliphatic rings. The molecule has 4 rings (SSSR count). The molecule has 6 nitrogen and oxygen atoms in total. The molecule has 0 unspecified atom stereocenters. The first kappa shape index (κ1) is 16.2. The highest BCUT2D eigenvalue weighted by Gasteiger charge is 2.24. The number of fused-ring (bicyclic) bond motifs is 1. The number of aliphatic hydroxyl groups excluding tert-OH is 1. The number of aromatic hydroxyl groups is 1. The SMILES string of the molecule is Cc1nc(N[C@@H]2CCCC[C@H]2O)nnc1-c1ccc2sccc2c1O. The van der Waals surface area contributed by atoms with Crippen LogP contribution in [0.3, 0.4) is 0 Å². The standard InChI is InChI=1S/C18H20N4O2S/c1-10-16(12-6-7-15-11(17(12)24)8-9-25-15)21-22-18(19-10)20-13-4-2-3-5-14(13)23/h6-9,13-14,23-24H,2-5H2,1H3,(H,19,20,22)/t13-,14-/m1/s1. The Morgan fingerprint density at radius 1 is 1.16 bits per heavy atom. The molecule has 1 fully saturated rings. The van der Waals surface area contributed by atoms with Crippen molar-refractivity contribution in [2.24, 2.45) is 0 Å². The number of aliphatic hydroxyl groups is 1. The Labute approximate surface area is 149 Å². The Hall–Kier alpha value is -2.25. The van der Waals surface area contributed by atoms with Crippen molar-refractivity contribution in [3.05, 3.63) is 29.3 Å². The van der Waals surface area contributed by atoms with E-state index in [1.807, 2.05) is 30.5 Å². The zero-order valence-corrected chi connectivity index (χ0v) is 14.8. The van der Waals surface area contributed by atoms with Crippen LogP contribution in [0.4, 0.5) is 5.95 Å². The second-order valence-corrected chi connectivity index (χ2v) is 7.41. The molecule has 0 aliphatic heterocycles. The van der Waals surface area contributed by atoms with E-state index in [9.17, 15) is 10.2 Å². The van der Waals surface area contributed by atoms with Gasteiger partial charge in [-0.05, 0) is 43.3 Å². The molecule has 0 spiro atoms. The first-order valence-electron chi connectivity index (χ1n) is 8.49. The Morgan fingerprint density at radius 2 is 2.00 bits per heavy atom. The van der Waals surface area contributed by atoms with Crippen molar-refractivity contribution < 1.29 is 10.2 Å². The summed E-state index contributed by atoms with van der Waals surface area (Å²) >= 11 is 1.59. The van der Waals surface area contributed by atoms with E-state index >= 15 is 0 Å². The molecule has 2 heterocycles. The predicted molar refractivity (Wildman–Crippen MR) is 98.9 cm³/mol. The third-order valence-corrected chi connectivity index (χ3v) is 5.65. The molecule has 3 aromatic rings. The van der Waals surface area contributed by atoms with Crippen LogP contribution in [-0.4, -0.2) is 37.5 Å². The topological polar surface area (TPSA) is 91.2 Å². The lowest BCUT2D eigenvalue weighted by molar-refractivity contribution is 0.116. The second-order valence-electron chi connectivity index (χ2n) is 6.47.